The quantitative estimate of drug-likeness (QED) is 0.175. The van der Waals surface area contributed by atoms with E-state index in [1.54, 1.807) is 97.6 Å². The van der Waals surface area contributed by atoms with E-state index in [-0.39, 0.29) is 44.8 Å². The molecule has 0 saturated heterocycles. The Labute approximate surface area is 218 Å². The van der Waals surface area contributed by atoms with E-state index >= 15 is 0 Å². The Kier molecular flexibility index (Phi) is 11.0. The summed E-state index contributed by atoms with van der Waals surface area (Å²) < 4.78 is 0. The summed E-state index contributed by atoms with van der Waals surface area (Å²) in [5.41, 5.74) is 2.27. The molecule has 0 aliphatic carbocycles. The summed E-state index contributed by atoms with van der Waals surface area (Å²) in [4.78, 5) is 29.2. The van der Waals surface area contributed by atoms with Gasteiger partial charge in [-0.25, -0.2) is 9.97 Å². The number of allylic oxidation sites excluding steroid dienone is 2. The Morgan fingerprint density at radius 2 is 0.886 bits per heavy atom. The number of pyridine rings is 2. The number of benzene rings is 2. The van der Waals surface area contributed by atoms with Crippen LogP contribution in [0.3, 0.4) is 0 Å². The predicted molar refractivity (Wildman–Crippen MR) is 129 cm³/mol. The van der Waals surface area contributed by atoms with Gasteiger partial charge in [0.1, 0.15) is 11.5 Å². The topological polar surface area (TPSA) is 103 Å². The molecule has 0 saturated carbocycles. The molecule has 7 heteroatoms. The molecule has 172 valence electrons. The van der Waals surface area contributed by atoms with Crippen molar-refractivity contribution in [2.24, 2.45) is 0 Å². The van der Waals surface area contributed by atoms with Crippen molar-refractivity contribution in [3.8, 4) is 0 Å². The number of carbonyl (C=O) groups is 2. The van der Waals surface area contributed by atoms with E-state index in [4.69, 9.17) is 0 Å². The van der Waals surface area contributed by atoms with Crippen molar-refractivity contribution in [3.63, 3.8) is 0 Å². The average Bonchev–Trinajstić information content (AvgIpc) is 2.91. The summed E-state index contributed by atoms with van der Waals surface area (Å²) >= 11 is 0. The maximum absolute atomic E-state index is 11.8. The standard InChI is InChI=1S/2C14H11NO2.Ti/c2*16-13(11-5-2-1-3-6-11)9-14(17)12-7-4-8-15-10-12;/h2*1-10,17H;/p+2/b2*14-9-;. The van der Waals surface area contributed by atoms with Crippen molar-refractivity contribution in [1.29, 1.82) is 0 Å². The molecule has 0 atom stereocenters. The smallest absolute Gasteiger partial charge is 0.189 e. The molecule has 2 aromatic carbocycles. The predicted octanol–water partition coefficient (Wildman–Crippen LogP) is 4.56. The minimum atomic E-state index is -0.216. The second kappa shape index (κ2) is 14.2. The Balaban J connectivity index is 0.000000240. The van der Waals surface area contributed by atoms with Crippen LogP contribution in [0.2, 0.25) is 0 Å². The van der Waals surface area contributed by atoms with Gasteiger partial charge in [0.15, 0.2) is 36.4 Å². The molecule has 2 aromatic heterocycles. The zero-order chi connectivity index (χ0) is 24.2. The van der Waals surface area contributed by atoms with E-state index in [2.05, 4.69) is 9.97 Å². The van der Waals surface area contributed by atoms with Crippen molar-refractivity contribution >= 4 is 23.1 Å². The van der Waals surface area contributed by atoms with Gasteiger partial charge in [-0.15, -0.1) is 0 Å². The molecule has 0 radical (unpaired) electrons. The van der Waals surface area contributed by atoms with Gasteiger partial charge in [0.25, 0.3) is 0 Å². The molecule has 0 aliphatic rings. The number of hydrogen-bond donors (Lipinski definition) is 2. The van der Waals surface area contributed by atoms with Crippen LogP contribution in [0.5, 0.6) is 0 Å². The molecule has 6 nitrogen and oxygen atoms in total. The normalized spacial score (nSPS) is 10.9. The average molecular weight is 500 g/mol. The maximum Gasteiger partial charge on any atom is 0.189 e. The zero-order valence-electron chi connectivity index (χ0n) is 18.8. The number of aliphatic hydroxyl groups excluding tert-OH is 2. The van der Waals surface area contributed by atoms with Gasteiger partial charge in [0.05, 0.1) is 11.1 Å². The summed E-state index contributed by atoms with van der Waals surface area (Å²) in [7, 11) is 0. The monoisotopic (exact) mass is 500 g/mol. The van der Waals surface area contributed by atoms with Gasteiger partial charge in [-0.05, 0) is 12.1 Å². The second-order valence-electron chi connectivity index (χ2n) is 7.10. The molecule has 0 fully saturated rings. The van der Waals surface area contributed by atoms with Crippen LogP contribution in [0, 0.1) is 0 Å². The molecule has 4 N–H and O–H groups in total. The summed E-state index contributed by atoms with van der Waals surface area (Å²) in [5.74, 6) is -0.523. The number of H-pyrrole nitrogens is 2. The Morgan fingerprint density at radius 3 is 1.20 bits per heavy atom. The number of aromatic nitrogens is 2. The summed E-state index contributed by atoms with van der Waals surface area (Å²) in [5, 5.41) is 19.5. The van der Waals surface area contributed by atoms with Crippen molar-refractivity contribution in [2.75, 3.05) is 0 Å². The van der Waals surface area contributed by atoms with Crippen molar-refractivity contribution in [2.45, 2.75) is 0 Å². The number of rotatable bonds is 6. The first-order chi connectivity index (χ1) is 16.5. The maximum atomic E-state index is 11.8. The molecule has 0 bridgehead atoms. The Bertz CT molecular complexity index is 1170. The van der Waals surface area contributed by atoms with Crippen LogP contribution in [-0.4, -0.2) is 21.8 Å². The van der Waals surface area contributed by atoms with E-state index in [1.165, 1.54) is 12.2 Å². The number of carbonyl (C=O) groups excluding carboxylic acids is 2. The molecule has 4 aromatic rings. The number of nitrogens with one attached hydrogen (secondary N) is 2. The van der Waals surface area contributed by atoms with E-state index in [0.717, 1.165) is 0 Å². The fraction of sp³-hybridized carbons (Fsp3) is 0. The van der Waals surface area contributed by atoms with Gasteiger partial charge in [0, 0.05) is 57.1 Å². The zero-order valence-corrected chi connectivity index (χ0v) is 20.3. The van der Waals surface area contributed by atoms with E-state index in [9.17, 15) is 19.8 Å². The van der Waals surface area contributed by atoms with Crippen LogP contribution in [0.25, 0.3) is 11.5 Å². The second-order valence-corrected chi connectivity index (χ2v) is 7.10. The van der Waals surface area contributed by atoms with Crippen LogP contribution in [-0.2, 0) is 21.7 Å². The Morgan fingerprint density at radius 1 is 0.543 bits per heavy atom. The van der Waals surface area contributed by atoms with Crippen molar-refractivity contribution in [1.82, 2.24) is 0 Å². The molecule has 2 heterocycles. The number of ketones is 2. The van der Waals surface area contributed by atoms with Crippen LogP contribution in [0.4, 0.5) is 0 Å². The van der Waals surface area contributed by atoms with Gasteiger partial charge in [-0.2, -0.15) is 0 Å². The summed E-state index contributed by atoms with van der Waals surface area (Å²) in [6.45, 7) is 0. The number of aromatic amines is 2. The molecule has 0 aliphatic heterocycles. The molecule has 0 spiro atoms. The van der Waals surface area contributed by atoms with Crippen LogP contribution in [0.15, 0.2) is 122 Å². The van der Waals surface area contributed by atoms with Gasteiger partial charge >= 0.3 is 0 Å². The summed E-state index contributed by atoms with van der Waals surface area (Å²) in [6.07, 6.45) is 9.16. The first-order valence-corrected chi connectivity index (χ1v) is 10.5. The SMILES string of the molecule is O=C(/C=C(\O)c1ccc[nH+]c1)c1ccccc1.O=C(/C=C(\O)c1ccc[nH+]c1)c1ccccc1.[Ti]. The minimum absolute atomic E-state index is 0. The minimum Gasteiger partial charge on any atom is -0.507 e. The molecule has 4 rings (SSSR count). The van der Waals surface area contributed by atoms with Gasteiger partial charge < -0.3 is 10.2 Å². The third-order valence-electron chi connectivity index (χ3n) is 4.66. The fourth-order valence-electron chi connectivity index (χ4n) is 2.89. The van der Waals surface area contributed by atoms with Gasteiger partial charge in [0.2, 0.25) is 0 Å². The third kappa shape index (κ3) is 8.63. The van der Waals surface area contributed by atoms with E-state index < -0.39 is 0 Å². The molecular formula is C28H24N2O4Ti+2. The number of aliphatic hydroxyl groups is 2. The fourth-order valence-corrected chi connectivity index (χ4v) is 2.89. The number of hydrogen-bond acceptors (Lipinski definition) is 4. The molecule has 0 unspecified atom stereocenters. The van der Waals surface area contributed by atoms with Gasteiger partial charge in [-0.1, -0.05) is 60.7 Å². The molecular weight excluding hydrogens is 476 g/mol. The molecule has 35 heavy (non-hydrogen) atoms. The Hall–Kier alpha value is -4.13. The van der Waals surface area contributed by atoms with E-state index in [0.29, 0.717) is 22.3 Å². The van der Waals surface area contributed by atoms with Crippen LogP contribution < -0.4 is 9.97 Å². The largest absolute Gasteiger partial charge is 0.507 e. The first-order valence-electron chi connectivity index (χ1n) is 10.5. The third-order valence-corrected chi connectivity index (χ3v) is 4.66. The summed E-state index contributed by atoms with van der Waals surface area (Å²) in [6, 6.07) is 24.6. The first kappa shape index (κ1) is 27.1. The van der Waals surface area contributed by atoms with Gasteiger partial charge in [-0.3, -0.25) is 9.59 Å². The van der Waals surface area contributed by atoms with Crippen LogP contribution >= 0.6 is 0 Å². The van der Waals surface area contributed by atoms with Crippen molar-refractivity contribution < 1.29 is 51.5 Å². The van der Waals surface area contributed by atoms with Crippen molar-refractivity contribution in [3.05, 3.63) is 144 Å². The molecule has 0 amide bonds. The van der Waals surface area contributed by atoms with E-state index in [1.807, 2.05) is 12.1 Å². The van der Waals surface area contributed by atoms with Crippen LogP contribution in [0.1, 0.15) is 31.8 Å².